The lowest BCUT2D eigenvalue weighted by Crippen LogP contribution is -2.38. The van der Waals surface area contributed by atoms with E-state index in [4.69, 9.17) is 4.74 Å². The maximum Gasteiger partial charge on any atom is 0.260 e. The molecule has 1 aromatic carbocycles. The number of nitrogens with one attached hydrogen (secondary N) is 2. The zero-order valence-corrected chi connectivity index (χ0v) is 14.9. The largest absolute Gasteiger partial charge is 0.481 e. The molecule has 0 fully saturated rings. The molecule has 0 saturated heterocycles. The third kappa shape index (κ3) is 6.58. The third-order valence-corrected chi connectivity index (χ3v) is 4.52. The van der Waals surface area contributed by atoms with E-state index >= 15 is 0 Å². The predicted molar refractivity (Wildman–Crippen MR) is 89.9 cm³/mol. The van der Waals surface area contributed by atoms with Crippen LogP contribution in [-0.4, -0.2) is 33.5 Å². The molecule has 6 nitrogen and oxygen atoms in total. The van der Waals surface area contributed by atoms with Crippen LogP contribution in [0.3, 0.4) is 0 Å². The summed E-state index contributed by atoms with van der Waals surface area (Å²) in [5, 5.41) is 2.79. The van der Waals surface area contributed by atoms with Gasteiger partial charge >= 0.3 is 0 Å². The lowest BCUT2D eigenvalue weighted by molar-refractivity contribution is -0.127. The highest BCUT2D eigenvalue weighted by atomic mass is 32.2. The van der Waals surface area contributed by atoms with E-state index in [9.17, 15) is 13.2 Å². The van der Waals surface area contributed by atoms with Crippen molar-refractivity contribution in [1.82, 2.24) is 10.0 Å². The molecule has 0 aromatic heterocycles. The van der Waals surface area contributed by atoms with Crippen LogP contribution in [0.15, 0.2) is 29.2 Å². The van der Waals surface area contributed by atoms with E-state index < -0.39 is 16.1 Å². The van der Waals surface area contributed by atoms with E-state index in [2.05, 4.69) is 10.0 Å². The summed E-state index contributed by atoms with van der Waals surface area (Å²) in [6.45, 7) is 8.56. The topological polar surface area (TPSA) is 84.5 Å². The standard InChI is InChI=1S/C16H26N2O4S/c1-5-10-18-23(20,21)15-8-6-14(7-9-15)22-13(4)16(19)17-11-12(2)3/h6-9,12-13,18H,5,10-11H2,1-4H3,(H,17,19)/t13-/m1/s1. The fraction of sp³-hybridized carbons (Fsp3) is 0.562. The molecule has 0 aliphatic heterocycles. The summed E-state index contributed by atoms with van der Waals surface area (Å²) in [6.07, 6.45) is 0.0816. The molecule has 0 heterocycles. The van der Waals surface area contributed by atoms with Crippen molar-refractivity contribution in [1.29, 1.82) is 0 Å². The second kappa shape index (κ2) is 8.88. The van der Waals surface area contributed by atoms with Gasteiger partial charge in [-0.3, -0.25) is 4.79 Å². The molecule has 7 heteroatoms. The van der Waals surface area contributed by atoms with Crippen LogP contribution in [-0.2, 0) is 14.8 Å². The Morgan fingerprint density at radius 1 is 1.17 bits per heavy atom. The lowest BCUT2D eigenvalue weighted by Gasteiger charge is -2.16. The molecule has 1 rings (SSSR count). The van der Waals surface area contributed by atoms with E-state index in [0.29, 0.717) is 24.8 Å². The fourth-order valence-electron chi connectivity index (χ4n) is 1.72. The number of carbonyl (C=O) groups excluding carboxylic acids is 1. The van der Waals surface area contributed by atoms with Crippen molar-refractivity contribution < 1.29 is 17.9 Å². The Hall–Kier alpha value is -1.60. The van der Waals surface area contributed by atoms with Gasteiger partial charge < -0.3 is 10.1 Å². The molecule has 130 valence electrons. The SMILES string of the molecule is CCCNS(=O)(=O)c1ccc(O[C@H](C)C(=O)NCC(C)C)cc1. The summed E-state index contributed by atoms with van der Waals surface area (Å²) < 4.78 is 32.0. The first-order valence-corrected chi connectivity index (χ1v) is 9.28. The summed E-state index contributed by atoms with van der Waals surface area (Å²) in [6, 6.07) is 6.03. The van der Waals surface area contributed by atoms with E-state index in [-0.39, 0.29) is 10.8 Å². The van der Waals surface area contributed by atoms with Gasteiger partial charge in [0.05, 0.1) is 4.90 Å². The molecule has 0 aliphatic rings. The number of carbonyl (C=O) groups is 1. The molecule has 1 atom stereocenters. The molecule has 2 N–H and O–H groups in total. The molecule has 0 radical (unpaired) electrons. The van der Waals surface area contributed by atoms with Gasteiger partial charge in [0, 0.05) is 13.1 Å². The number of rotatable bonds is 9. The molecular weight excluding hydrogens is 316 g/mol. The third-order valence-electron chi connectivity index (χ3n) is 3.04. The molecule has 1 aromatic rings. The Morgan fingerprint density at radius 2 is 1.78 bits per heavy atom. The number of ether oxygens (including phenoxy) is 1. The van der Waals surface area contributed by atoms with Crippen molar-refractivity contribution in [3.8, 4) is 5.75 Å². The van der Waals surface area contributed by atoms with E-state index in [1.165, 1.54) is 12.1 Å². The van der Waals surface area contributed by atoms with Gasteiger partial charge in [-0.25, -0.2) is 13.1 Å². The highest BCUT2D eigenvalue weighted by Gasteiger charge is 2.16. The Bertz CT molecular complexity index is 597. The van der Waals surface area contributed by atoms with Gasteiger partial charge in [-0.15, -0.1) is 0 Å². The van der Waals surface area contributed by atoms with Gasteiger partial charge in [0.15, 0.2) is 6.10 Å². The minimum absolute atomic E-state index is 0.176. The van der Waals surface area contributed by atoms with Crippen molar-refractivity contribution in [2.45, 2.75) is 45.1 Å². The van der Waals surface area contributed by atoms with Crippen LogP contribution in [0.25, 0.3) is 0 Å². The fourth-order valence-corrected chi connectivity index (χ4v) is 2.86. The summed E-state index contributed by atoms with van der Waals surface area (Å²) >= 11 is 0. The molecule has 23 heavy (non-hydrogen) atoms. The van der Waals surface area contributed by atoms with Crippen LogP contribution >= 0.6 is 0 Å². The summed E-state index contributed by atoms with van der Waals surface area (Å²) in [7, 11) is -3.49. The van der Waals surface area contributed by atoms with Gasteiger partial charge in [-0.2, -0.15) is 0 Å². The number of hydrogen-bond donors (Lipinski definition) is 2. The van der Waals surface area contributed by atoms with E-state index in [1.54, 1.807) is 19.1 Å². The Kier molecular flexibility index (Phi) is 7.51. The maximum absolute atomic E-state index is 12.0. The highest BCUT2D eigenvalue weighted by molar-refractivity contribution is 7.89. The van der Waals surface area contributed by atoms with Gasteiger partial charge in [-0.05, 0) is 43.5 Å². The second-order valence-corrected chi connectivity index (χ2v) is 7.54. The van der Waals surface area contributed by atoms with Crippen LogP contribution in [0.4, 0.5) is 0 Å². The average Bonchev–Trinajstić information content (AvgIpc) is 2.51. The second-order valence-electron chi connectivity index (χ2n) is 5.77. The molecule has 1 amide bonds. The predicted octanol–water partition coefficient (Wildman–Crippen LogP) is 1.91. The smallest absolute Gasteiger partial charge is 0.260 e. The minimum Gasteiger partial charge on any atom is -0.481 e. The van der Waals surface area contributed by atoms with Crippen molar-refractivity contribution in [3.05, 3.63) is 24.3 Å². The van der Waals surface area contributed by atoms with Gasteiger partial charge in [0.2, 0.25) is 10.0 Å². The van der Waals surface area contributed by atoms with Crippen molar-refractivity contribution in [3.63, 3.8) is 0 Å². The van der Waals surface area contributed by atoms with E-state index in [0.717, 1.165) is 6.42 Å². The lowest BCUT2D eigenvalue weighted by atomic mass is 10.2. The maximum atomic E-state index is 12.0. The Morgan fingerprint density at radius 3 is 2.30 bits per heavy atom. The normalized spacial score (nSPS) is 12.9. The summed E-state index contributed by atoms with van der Waals surface area (Å²) in [5.74, 6) is 0.623. The average molecular weight is 342 g/mol. The van der Waals surface area contributed by atoms with Gasteiger partial charge in [0.25, 0.3) is 5.91 Å². The molecule has 0 unspecified atom stereocenters. The van der Waals surface area contributed by atoms with Crippen LogP contribution in [0.2, 0.25) is 0 Å². The van der Waals surface area contributed by atoms with Crippen molar-refractivity contribution >= 4 is 15.9 Å². The monoisotopic (exact) mass is 342 g/mol. The molecule has 0 aliphatic carbocycles. The Balaban J connectivity index is 2.65. The molecule has 0 bridgehead atoms. The quantitative estimate of drug-likeness (QED) is 0.718. The van der Waals surface area contributed by atoms with E-state index in [1.807, 2.05) is 20.8 Å². The first-order chi connectivity index (χ1) is 10.8. The van der Waals surface area contributed by atoms with Crippen molar-refractivity contribution in [2.24, 2.45) is 5.92 Å². The highest BCUT2D eigenvalue weighted by Crippen LogP contribution is 2.17. The van der Waals surface area contributed by atoms with Crippen molar-refractivity contribution in [2.75, 3.05) is 13.1 Å². The number of sulfonamides is 1. The van der Waals surface area contributed by atoms with Gasteiger partial charge in [0.1, 0.15) is 5.75 Å². The number of amides is 1. The Labute approximate surface area is 138 Å². The summed E-state index contributed by atoms with van der Waals surface area (Å²) in [5.41, 5.74) is 0. The summed E-state index contributed by atoms with van der Waals surface area (Å²) in [4.78, 5) is 12.0. The zero-order valence-electron chi connectivity index (χ0n) is 14.1. The van der Waals surface area contributed by atoms with Crippen LogP contribution < -0.4 is 14.8 Å². The minimum atomic E-state index is -3.49. The van der Waals surface area contributed by atoms with Crippen LogP contribution in [0.5, 0.6) is 5.75 Å². The first-order valence-electron chi connectivity index (χ1n) is 7.80. The number of benzene rings is 1. The molecular formula is C16H26N2O4S. The first kappa shape index (κ1) is 19.4. The molecule has 0 spiro atoms. The zero-order chi connectivity index (χ0) is 17.5. The molecule has 0 saturated carbocycles. The van der Waals surface area contributed by atoms with Crippen LogP contribution in [0.1, 0.15) is 34.1 Å². The number of hydrogen-bond acceptors (Lipinski definition) is 4. The van der Waals surface area contributed by atoms with Crippen LogP contribution in [0, 0.1) is 5.92 Å². The van der Waals surface area contributed by atoms with Gasteiger partial charge in [-0.1, -0.05) is 20.8 Å².